The molecule has 0 bridgehead atoms. The van der Waals surface area contributed by atoms with Crippen molar-refractivity contribution in [3.63, 3.8) is 0 Å². The molecule has 3 nitrogen and oxygen atoms in total. The van der Waals surface area contributed by atoms with E-state index in [1.54, 1.807) is 0 Å². The molecular weight excluding hydrogens is 256 g/mol. The minimum atomic E-state index is -0.128. The molecule has 2 rings (SSSR count). The number of amides is 1. The molecule has 1 unspecified atom stereocenters. The zero-order valence-corrected chi connectivity index (χ0v) is 13.4. The molecule has 0 aliphatic carbocycles. The number of nitrogens with zero attached hydrogens (tertiary/aromatic N) is 1. The Morgan fingerprint density at radius 2 is 2.11 bits per heavy atom. The molecule has 2 heterocycles. The first kappa shape index (κ1) is 15.2. The lowest BCUT2D eigenvalue weighted by atomic mass is 9.77. The molecule has 0 aromatic rings. The molecule has 2 fully saturated rings. The summed E-state index contributed by atoms with van der Waals surface area (Å²) in [5.74, 6) is 1.48. The number of piperidine rings is 1. The van der Waals surface area contributed by atoms with E-state index in [9.17, 15) is 4.79 Å². The summed E-state index contributed by atoms with van der Waals surface area (Å²) in [4.78, 5) is 15.1. The van der Waals surface area contributed by atoms with Crippen molar-refractivity contribution in [3.05, 3.63) is 0 Å². The zero-order chi connectivity index (χ0) is 13.9. The van der Waals surface area contributed by atoms with Crippen molar-refractivity contribution < 1.29 is 4.79 Å². The Bertz CT molecular complexity index is 324. The highest BCUT2D eigenvalue weighted by molar-refractivity contribution is 8.00. The van der Waals surface area contributed by atoms with Gasteiger partial charge in [0.2, 0.25) is 5.91 Å². The fourth-order valence-corrected chi connectivity index (χ4v) is 4.26. The van der Waals surface area contributed by atoms with Gasteiger partial charge < -0.3 is 10.2 Å². The van der Waals surface area contributed by atoms with E-state index in [2.05, 4.69) is 31.0 Å². The highest BCUT2D eigenvalue weighted by atomic mass is 32.2. The van der Waals surface area contributed by atoms with Crippen LogP contribution < -0.4 is 5.32 Å². The summed E-state index contributed by atoms with van der Waals surface area (Å²) in [5.41, 5.74) is -0.128. The fraction of sp³-hybridized carbons (Fsp3) is 0.933. The van der Waals surface area contributed by atoms with Crippen LogP contribution in [-0.4, -0.2) is 47.5 Å². The van der Waals surface area contributed by atoms with E-state index in [1.807, 2.05) is 11.8 Å². The molecule has 1 N–H and O–H groups in total. The maximum Gasteiger partial charge on any atom is 0.230 e. The van der Waals surface area contributed by atoms with Crippen molar-refractivity contribution >= 4 is 17.7 Å². The molecule has 110 valence electrons. The number of nitrogens with one attached hydrogen (secondary N) is 1. The lowest BCUT2D eigenvalue weighted by molar-refractivity contribution is -0.143. The molecule has 0 radical (unpaired) electrons. The second kappa shape index (κ2) is 6.04. The van der Waals surface area contributed by atoms with Gasteiger partial charge in [0.1, 0.15) is 0 Å². The van der Waals surface area contributed by atoms with Crippen LogP contribution in [0, 0.1) is 5.41 Å². The summed E-state index contributed by atoms with van der Waals surface area (Å²) < 4.78 is 0.319. The maximum absolute atomic E-state index is 12.9. The van der Waals surface area contributed by atoms with Crippen molar-refractivity contribution in [2.75, 3.05) is 31.9 Å². The molecule has 1 amide bonds. The van der Waals surface area contributed by atoms with Gasteiger partial charge in [0.25, 0.3) is 0 Å². The summed E-state index contributed by atoms with van der Waals surface area (Å²) in [7, 11) is 0. The summed E-state index contributed by atoms with van der Waals surface area (Å²) in [6.07, 6.45) is 4.26. The molecular formula is C15H28N2OS. The van der Waals surface area contributed by atoms with Gasteiger partial charge in [-0.15, -0.1) is 0 Å². The molecule has 2 saturated heterocycles. The standard InChI is InChI=1S/C15H28N2OS/c1-4-15(6-5-8-16-12-15)13(18)17-9-7-14(2,3)19-11-10-17/h16H,4-12H2,1-3H3. The van der Waals surface area contributed by atoms with Crippen molar-refractivity contribution in [1.29, 1.82) is 0 Å². The van der Waals surface area contributed by atoms with Crippen molar-refractivity contribution in [2.24, 2.45) is 5.41 Å². The van der Waals surface area contributed by atoms with Crippen LogP contribution in [0.2, 0.25) is 0 Å². The van der Waals surface area contributed by atoms with Crippen LogP contribution in [-0.2, 0) is 4.79 Å². The van der Waals surface area contributed by atoms with Gasteiger partial charge >= 0.3 is 0 Å². The van der Waals surface area contributed by atoms with E-state index in [0.717, 1.165) is 57.6 Å². The Morgan fingerprint density at radius 3 is 2.74 bits per heavy atom. The Morgan fingerprint density at radius 1 is 1.32 bits per heavy atom. The monoisotopic (exact) mass is 284 g/mol. The third-order valence-corrected chi connectivity index (χ3v) is 6.10. The van der Waals surface area contributed by atoms with Gasteiger partial charge in [-0.2, -0.15) is 11.8 Å². The van der Waals surface area contributed by atoms with Crippen LogP contribution in [0.5, 0.6) is 0 Å². The molecule has 2 aliphatic heterocycles. The summed E-state index contributed by atoms with van der Waals surface area (Å²) in [6, 6.07) is 0. The first-order chi connectivity index (χ1) is 8.99. The van der Waals surface area contributed by atoms with Crippen LogP contribution >= 0.6 is 11.8 Å². The van der Waals surface area contributed by atoms with Gasteiger partial charge in [-0.25, -0.2) is 0 Å². The van der Waals surface area contributed by atoms with Gasteiger partial charge in [0.15, 0.2) is 0 Å². The van der Waals surface area contributed by atoms with Crippen molar-refractivity contribution in [2.45, 2.75) is 51.2 Å². The quantitative estimate of drug-likeness (QED) is 0.845. The molecule has 0 aromatic heterocycles. The van der Waals surface area contributed by atoms with Crippen molar-refractivity contribution in [1.82, 2.24) is 10.2 Å². The van der Waals surface area contributed by atoms with Crippen LogP contribution in [0.25, 0.3) is 0 Å². The molecule has 2 aliphatic rings. The number of carbonyl (C=O) groups excluding carboxylic acids is 1. The van der Waals surface area contributed by atoms with Crippen molar-refractivity contribution in [3.8, 4) is 0 Å². The predicted octanol–water partition coefficient (Wildman–Crippen LogP) is 2.51. The first-order valence-electron chi connectivity index (χ1n) is 7.63. The molecule has 19 heavy (non-hydrogen) atoms. The van der Waals surface area contributed by atoms with Crippen LogP contribution in [0.4, 0.5) is 0 Å². The van der Waals surface area contributed by atoms with E-state index in [0.29, 0.717) is 10.7 Å². The normalized spacial score (nSPS) is 31.8. The van der Waals surface area contributed by atoms with Crippen LogP contribution in [0.15, 0.2) is 0 Å². The second-order valence-electron chi connectivity index (χ2n) is 6.56. The van der Waals surface area contributed by atoms with E-state index >= 15 is 0 Å². The number of hydrogen-bond acceptors (Lipinski definition) is 3. The van der Waals surface area contributed by atoms with Gasteiger partial charge in [0, 0.05) is 30.1 Å². The number of carbonyl (C=O) groups is 1. The number of thioether (sulfide) groups is 1. The zero-order valence-electron chi connectivity index (χ0n) is 12.6. The molecule has 0 aromatic carbocycles. The maximum atomic E-state index is 12.9. The highest BCUT2D eigenvalue weighted by Crippen LogP contribution is 2.35. The highest BCUT2D eigenvalue weighted by Gasteiger charge is 2.41. The van der Waals surface area contributed by atoms with Crippen LogP contribution in [0.3, 0.4) is 0 Å². The summed E-state index contributed by atoms with van der Waals surface area (Å²) >= 11 is 2.01. The average Bonchev–Trinajstić information content (AvgIpc) is 2.59. The number of rotatable bonds is 2. The third-order valence-electron chi connectivity index (χ3n) is 4.73. The molecule has 1 atom stereocenters. The van der Waals surface area contributed by atoms with E-state index in [1.165, 1.54) is 0 Å². The average molecular weight is 284 g/mol. The van der Waals surface area contributed by atoms with E-state index < -0.39 is 0 Å². The second-order valence-corrected chi connectivity index (χ2v) is 8.37. The fourth-order valence-electron chi connectivity index (χ4n) is 3.16. The smallest absolute Gasteiger partial charge is 0.230 e. The Hall–Kier alpha value is -0.220. The SMILES string of the molecule is CCC1(C(=O)N2CCSC(C)(C)CC2)CCCNC1. The Balaban J connectivity index is 2.05. The third kappa shape index (κ3) is 3.46. The Labute approximate surface area is 121 Å². The number of hydrogen-bond donors (Lipinski definition) is 1. The van der Waals surface area contributed by atoms with E-state index in [-0.39, 0.29) is 5.41 Å². The minimum Gasteiger partial charge on any atom is -0.341 e. The predicted molar refractivity (Wildman–Crippen MR) is 82.6 cm³/mol. The lowest BCUT2D eigenvalue weighted by Crippen LogP contribution is -2.52. The van der Waals surface area contributed by atoms with Gasteiger partial charge in [-0.1, -0.05) is 20.8 Å². The lowest BCUT2D eigenvalue weighted by Gasteiger charge is -2.39. The Kier molecular flexibility index (Phi) is 4.83. The summed E-state index contributed by atoms with van der Waals surface area (Å²) in [6.45, 7) is 10.6. The minimum absolute atomic E-state index is 0.128. The molecule has 4 heteroatoms. The van der Waals surface area contributed by atoms with Gasteiger partial charge in [-0.3, -0.25) is 4.79 Å². The largest absolute Gasteiger partial charge is 0.341 e. The molecule has 0 spiro atoms. The van der Waals surface area contributed by atoms with Gasteiger partial charge in [-0.05, 0) is 32.2 Å². The summed E-state index contributed by atoms with van der Waals surface area (Å²) in [5, 5.41) is 3.43. The van der Waals surface area contributed by atoms with E-state index in [4.69, 9.17) is 0 Å². The molecule has 0 saturated carbocycles. The topological polar surface area (TPSA) is 32.3 Å². The van der Waals surface area contributed by atoms with Crippen LogP contribution in [0.1, 0.15) is 46.5 Å². The van der Waals surface area contributed by atoms with Gasteiger partial charge in [0.05, 0.1) is 5.41 Å². The first-order valence-corrected chi connectivity index (χ1v) is 8.62.